The average Bonchev–Trinajstić information content (AvgIpc) is 2.36. The third-order valence-corrected chi connectivity index (χ3v) is 3.43. The zero-order valence-electron chi connectivity index (χ0n) is 11.2. The Morgan fingerprint density at radius 1 is 1.26 bits per heavy atom. The number of rotatable bonds is 3. The quantitative estimate of drug-likeness (QED) is 0.924. The first-order valence-electron chi connectivity index (χ1n) is 6.08. The summed E-state index contributed by atoms with van der Waals surface area (Å²) in [5.74, 6) is -0.301. The number of nitrogens with one attached hydrogen (secondary N) is 1. The fourth-order valence-corrected chi connectivity index (χ4v) is 2.43. The van der Waals surface area contributed by atoms with Gasteiger partial charge in [-0.3, -0.25) is 4.98 Å². The van der Waals surface area contributed by atoms with Crippen LogP contribution in [-0.2, 0) is 0 Å². The molecule has 0 saturated heterocycles. The van der Waals surface area contributed by atoms with Crippen molar-refractivity contribution in [2.45, 2.75) is 19.9 Å². The van der Waals surface area contributed by atoms with E-state index < -0.39 is 0 Å². The third kappa shape index (κ3) is 2.94. The van der Waals surface area contributed by atoms with E-state index >= 15 is 0 Å². The molecule has 0 amide bonds. The molecular formula is C15H16ClFN2. The summed E-state index contributed by atoms with van der Waals surface area (Å²) in [6.45, 7) is 3.99. The van der Waals surface area contributed by atoms with Gasteiger partial charge < -0.3 is 5.32 Å². The Bertz CT molecular complexity index is 599. The molecule has 0 saturated carbocycles. The van der Waals surface area contributed by atoms with E-state index in [2.05, 4.69) is 16.4 Å². The van der Waals surface area contributed by atoms with Crippen LogP contribution in [0.1, 0.15) is 28.4 Å². The topological polar surface area (TPSA) is 24.9 Å². The Hall–Kier alpha value is -1.45. The predicted molar refractivity (Wildman–Crippen MR) is 76.0 cm³/mol. The molecule has 0 fully saturated rings. The molecule has 1 aromatic carbocycles. The van der Waals surface area contributed by atoms with Crippen LogP contribution in [0.15, 0.2) is 30.5 Å². The van der Waals surface area contributed by atoms with Crippen LogP contribution in [0, 0.1) is 19.7 Å². The minimum absolute atomic E-state index is 0.219. The number of hydrogen-bond donors (Lipinski definition) is 1. The van der Waals surface area contributed by atoms with Gasteiger partial charge in [0.2, 0.25) is 0 Å². The van der Waals surface area contributed by atoms with Gasteiger partial charge in [0.25, 0.3) is 0 Å². The van der Waals surface area contributed by atoms with E-state index in [1.54, 1.807) is 12.3 Å². The van der Waals surface area contributed by atoms with E-state index in [9.17, 15) is 4.39 Å². The monoisotopic (exact) mass is 278 g/mol. The van der Waals surface area contributed by atoms with Crippen molar-refractivity contribution < 1.29 is 4.39 Å². The minimum atomic E-state index is -0.301. The lowest BCUT2D eigenvalue weighted by Crippen LogP contribution is -2.20. The lowest BCUT2D eigenvalue weighted by atomic mass is 9.99. The SMILES string of the molecule is CNC(c1cc(F)ccc1Cl)c1ncc(C)cc1C. The van der Waals surface area contributed by atoms with Gasteiger partial charge in [0, 0.05) is 11.2 Å². The summed E-state index contributed by atoms with van der Waals surface area (Å²) in [6, 6.07) is 6.21. The first-order chi connectivity index (χ1) is 9.02. The van der Waals surface area contributed by atoms with Gasteiger partial charge in [0.15, 0.2) is 0 Å². The molecule has 1 atom stereocenters. The van der Waals surface area contributed by atoms with Crippen molar-refractivity contribution in [1.29, 1.82) is 0 Å². The van der Waals surface area contributed by atoms with Gasteiger partial charge in [-0.05, 0) is 55.8 Å². The molecule has 0 radical (unpaired) electrons. The molecule has 2 nitrogen and oxygen atoms in total. The van der Waals surface area contributed by atoms with Crippen molar-refractivity contribution in [3.63, 3.8) is 0 Å². The van der Waals surface area contributed by atoms with Crippen LogP contribution in [0.25, 0.3) is 0 Å². The summed E-state index contributed by atoms with van der Waals surface area (Å²) in [5.41, 5.74) is 3.71. The van der Waals surface area contributed by atoms with Crippen LogP contribution in [0.2, 0.25) is 5.02 Å². The van der Waals surface area contributed by atoms with Gasteiger partial charge in [-0.2, -0.15) is 0 Å². The Morgan fingerprint density at radius 3 is 2.63 bits per heavy atom. The molecule has 1 heterocycles. The van der Waals surface area contributed by atoms with Gasteiger partial charge in [-0.15, -0.1) is 0 Å². The number of halogens is 2. The second-order valence-corrected chi connectivity index (χ2v) is 5.01. The lowest BCUT2D eigenvalue weighted by molar-refractivity contribution is 0.613. The number of pyridine rings is 1. The van der Waals surface area contributed by atoms with Crippen LogP contribution in [0.5, 0.6) is 0 Å². The minimum Gasteiger partial charge on any atom is -0.308 e. The largest absolute Gasteiger partial charge is 0.308 e. The van der Waals surface area contributed by atoms with Crippen molar-refractivity contribution in [2.24, 2.45) is 0 Å². The highest BCUT2D eigenvalue weighted by molar-refractivity contribution is 6.31. The van der Waals surface area contributed by atoms with Crippen LogP contribution >= 0.6 is 11.6 Å². The van der Waals surface area contributed by atoms with Crippen LogP contribution in [-0.4, -0.2) is 12.0 Å². The van der Waals surface area contributed by atoms with Crippen LogP contribution in [0.4, 0.5) is 4.39 Å². The van der Waals surface area contributed by atoms with E-state index in [1.807, 2.05) is 20.9 Å². The molecule has 1 unspecified atom stereocenters. The first kappa shape index (κ1) is 14.0. The maximum absolute atomic E-state index is 13.4. The Balaban J connectivity index is 2.52. The predicted octanol–water partition coefficient (Wildman–Crippen LogP) is 3.80. The summed E-state index contributed by atoms with van der Waals surface area (Å²) in [4.78, 5) is 4.45. The molecule has 1 aromatic heterocycles. The smallest absolute Gasteiger partial charge is 0.123 e. The summed E-state index contributed by atoms with van der Waals surface area (Å²) in [7, 11) is 1.81. The molecule has 2 rings (SSSR count). The van der Waals surface area contributed by atoms with E-state index in [0.717, 1.165) is 16.8 Å². The lowest BCUT2D eigenvalue weighted by Gasteiger charge is -2.19. The summed E-state index contributed by atoms with van der Waals surface area (Å²) < 4.78 is 13.4. The Morgan fingerprint density at radius 2 is 2.00 bits per heavy atom. The zero-order valence-corrected chi connectivity index (χ0v) is 11.9. The second kappa shape index (κ2) is 5.68. The fourth-order valence-electron chi connectivity index (χ4n) is 2.20. The van der Waals surface area contributed by atoms with Gasteiger partial charge >= 0.3 is 0 Å². The van der Waals surface area contributed by atoms with Gasteiger partial charge in [0.1, 0.15) is 5.82 Å². The molecule has 19 heavy (non-hydrogen) atoms. The standard InChI is InChI=1S/C15H16ClFN2/c1-9-6-10(2)14(19-8-9)15(18-3)12-7-11(17)4-5-13(12)16/h4-8,15,18H,1-3H3. The fraction of sp³-hybridized carbons (Fsp3) is 0.267. The maximum atomic E-state index is 13.4. The van der Waals surface area contributed by atoms with Crippen LogP contribution < -0.4 is 5.32 Å². The Labute approximate surface area is 117 Å². The molecule has 4 heteroatoms. The highest BCUT2D eigenvalue weighted by Crippen LogP contribution is 2.29. The second-order valence-electron chi connectivity index (χ2n) is 4.60. The van der Waals surface area contributed by atoms with E-state index in [1.165, 1.54) is 12.1 Å². The van der Waals surface area contributed by atoms with Crippen molar-refractivity contribution >= 4 is 11.6 Å². The first-order valence-corrected chi connectivity index (χ1v) is 6.46. The maximum Gasteiger partial charge on any atom is 0.123 e. The van der Waals surface area contributed by atoms with Gasteiger partial charge in [-0.25, -0.2) is 4.39 Å². The summed E-state index contributed by atoms with van der Waals surface area (Å²) in [5, 5.41) is 3.68. The molecule has 0 aliphatic heterocycles. The van der Waals surface area contributed by atoms with E-state index in [4.69, 9.17) is 11.6 Å². The highest BCUT2D eigenvalue weighted by atomic mass is 35.5. The molecule has 0 aliphatic carbocycles. The molecule has 0 aliphatic rings. The third-order valence-electron chi connectivity index (χ3n) is 3.09. The molecular weight excluding hydrogens is 263 g/mol. The van der Waals surface area contributed by atoms with Crippen molar-refractivity contribution in [3.8, 4) is 0 Å². The van der Waals surface area contributed by atoms with E-state index in [-0.39, 0.29) is 11.9 Å². The van der Waals surface area contributed by atoms with Crippen molar-refractivity contribution in [2.75, 3.05) is 7.05 Å². The molecule has 1 N–H and O–H groups in total. The van der Waals surface area contributed by atoms with Gasteiger partial charge in [0.05, 0.1) is 11.7 Å². The van der Waals surface area contributed by atoms with Crippen LogP contribution in [0.3, 0.4) is 0 Å². The molecule has 0 spiro atoms. The zero-order chi connectivity index (χ0) is 14.0. The summed E-state index contributed by atoms with van der Waals surface area (Å²) in [6.07, 6.45) is 1.81. The van der Waals surface area contributed by atoms with Gasteiger partial charge in [-0.1, -0.05) is 17.7 Å². The van der Waals surface area contributed by atoms with Crippen molar-refractivity contribution in [1.82, 2.24) is 10.3 Å². The normalized spacial score (nSPS) is 12.5. The number of aromatic nitrogens is 1. The molecule has 2 aromatic rings. The number of aryl methyl sites for hydroxylation is 2. The highest BCUT2D eigenvalue weighted by Gasteiger charge is 2.19. The van der Waals surface area contributed by atoms with E-state index in [0.29, 0.717) is 10.6 Å². The number of nitrogens with zero attached hydrogens (tertiary/aromatic N) is 1. The average molecular weight is 279 g/mol. The summed E-state index contributed by atoms with van der Waals surface area (Å²) >= 11 is 6.17. The number of benzene rings is 1. The van der Waals surface area contributed by atoms with Crippen molar-refractivity contribution in [3.05, 3.63) is 63.7 Å². The Kier molecular flexibility index (Phi) is 4.17. The molecule has 0 bridgehead atoms. The number of hydrogen-bond acceptors (Lipinski definition) is 2. The molecule has 100 valence electrons.